The van der Waals surface area contributed by atoms with Gasteiger partial charge in [0.1, 0.15) is 17.4 Å². The lowest BCUT2D eigenvalue weighted by Crippen LogP contribution is -2.14. The Kier molecular flexibility index (Phi) is 4.23. The van der Waals surface area contributed by atoms with Gasteiger partial charge in [0.25, 0.3) is 0 Å². The van der Waals surface area contributed by atoms with Crippen molar-refractivity contribution in [1.82, 2.24) is 4.57 Å². The summed E-state index contributed by atoms with van der Waals surface area (Å²) in [4.78, 5) is 23.6. The van der Waals surface area contributed by atoms with Crippen molar-refractivity contribution < 1.29 is 24.2 Å². The largest absolute Gasteiger partial charge is 0.496 e. The minimum atomic E-state index is -1.25. The third-order valence-electron chi connectivity index (χ3n) is 3.24. The van der Waals surface area contributed by atoms with Gasteiger partial charge in [-0.2, -0.15) is 5.26 Å². The number of nitriles is 1. The molecule has 1 heterocycles. The molecule has 2 aromatic rings. The first kappa shape index (κ1) is 15.9. The third kappa shape index (κ3) is 2.55. The lowest BCUT2D eigenvalue weighted by atomic mass is 10.1. The predicted molar refractivity (Wildman–Crippen MR) is 79.7 cm³/mol. The number of ether oxygens (including phenoxy) is 2. The lowest BCUT2D eigenvalue weighted by molar-refractivity contribution is 0.0590. The number of carboxylic acid groups (broad SMARTS) is 1. The van der Waals surface area contributed by atoms with Gasteiger partial charge in [0, 0.05) is 6.20 Å². The number of rotatable bonds is 4. The van der Waals surface area contributed by atoms with Gasteiger partial charge in [-0.15, -0.1) is 0 Å². The number of benzene rings is 1. The smallest absolute Gasteiger partial charge is 0.357 e. The molecule has 2 rings (SSSR count). The number of hydrogen-bond donors (Lipinski definition) is 2. The molecule has 0 amide bonds. The number of carboxylic acids is 1. The zero-order valence-electron chi connectivity index (χ0n) is 12.4. The second-order valence-electron chi connectivity index (χ2n) is 4.44. The molecule has 1 aromatic carbocycles. The molecule has 3 N–H and O–H groups in total. The Balaban J connectivity index is 2.85. The SMILES string of the molecule is COC(=O)c1c(N)c(C#N)cn1-c1cccc(OC)c1C(=O)O. The minimum Gasteiger partial charge on any atom is -0.496 e. The molecule has 0 spiro atoms. The van der Waals surface area contributed by atoms with Crippen LogP contribution in [0.15, 0.2) is 24.4 Å². The maximum atomic E-state index is 12.0. The number of hydrogen-bond acceptors (Lipinski definition) is 6. The molecule has 118 valence electrons. The molecule has 0 atom stereocenters. The first-order chi connectivity index (χ1) is 11.0. The van der Waals surface area contributed by atoms with Crippen molar-refractivity contribution in [3.05, 3.63) is 41.2 Å². The summed E-state index contributed by atoms with van der Waals surface area (Å²) in [7, 11) is 2.49. The van der Waals surface area contributed by atoms with Crippen LogP contribution in [0.4, 0.5) is 5.69 Å². The zero-order chi connectivity index (χ0) is 17.1. The highest BCUT2D eigenvalue weighted by atomic mass is 16.5. The van der Waals surface area contributed by atoms with E-state index >= 15 is 0 Å². The number of nitrogen functional groups attached to an aromatic ring is 1. The average Bonchev–Trinajstić information content (AvgIpc) is 2.89. The summed E-state index contributed by atoms with van der Waals surface area (Å²) in [6, 6.07) is 6.36. The van der Waals surface area contributed by atoms with E-state index in [-0.39, 0.29) is 33.9 Å². The first-order valence-corrected chi connectivity index (χ1v) is 6.36. The summed E-state index contributed by atoms with van der Waals surface area (Å²) in [6.45, 7) is 0. The van der Waals surface area contributed by atoms with Gasteiger partial charge in [-0.05, 0) is 12.1 Å². The Bertz CT molecular complexity index is 832. The molecule has 0 bridgehead atoms. The van der Waals surface area contributed by atoms with Gasteiger partial charge in [0.05, 0.1) is 31.2 Å². The number of aromatic carboxylic acids is 1. The Morgan fingerprint density at radius 3 is 2.57 bits per heavy atom. The van der Waals surface area contributed by atoms with Crippen molar-refractivity contribution in [1.29, 1.82) is 5.26 Å². The maximum Gasteiger partial charge on any atom is 0.357 e. The van der Waals surface area contributed by atoms with Crippen LogP contribution in [0.1, 0.15) is 26.4 Å². The topological polar surface area (TPSA) is 128 Å². The lowest BCUT2D eigenvalue weighted by Gasteiger charge is -2.13. The molecule has 0 aliphatic carbocycles. The van der Waals surface area contributed by atoms with Gasteiger partial charge in [-0.1, -0.05) is 6.07 Å². The molecule has 0 saturated carbocycles. The van der Waals surface area contributed by atoms with Crippen LogP contribution in [-0.4, -0.2) is 35.8 Å². The first-order valence-electron chi connectivity index (χ1n) is 6.36. The van der Waals surface area contributed by atoms with E-state index in [1.807, 2.05) is 6.07 Å². The summed E-state index contributed by atoms with van der Waals surface area (Å²) >= 11 is 0. The average molecular weight is 315 g/mol. The molecule has 8 heteroatoms. The highest BCUT2D eigenvalue weighted by Gasteiger charge is 2.25. The van der Waals surface area contributed by atoms with Crippen LogP contribution in [-0.2, 0) is 4.74 Å². The molecule has 0 aliphatic rings. The van der Waals surface area contributed by atoms with E-state index in [1.165, 1.54) is 30.0 Å². The van der Waals surface area contributed by atoms with Gasteiger partial charge in [0.2, 0.25) is 0 Å². The fraction of sp³-hybridized carbons (Fsp3) is 0.133. The third-order valence-corrected chi connectivity index (χ3v) is 3.24. The molecule has 8 nitrogen and oxygen atoms in total. The highest BCUT2D eigenvalue weighted by Crippen LogP contribution is 2.30. The van der Waals surface area contributed by atoms with Crippen LogP contribution in [0.2, 0.25) is 0 Å². The van der Waals surface area contributed by atoms with Crippen molar-refractivity contribution in [3.8, 4) is 17.5 Å². The number of nitrogens with two attached hydrogens (primary N) is 1. The van der Waals surface area contributed by atoms with Crippen molar-refractivity contribution in [2.24, 2.45) is 0 Å². The quantitative estimate of drug-likeness (QED) is 0.816. The second kappa shape index (κ2) is 6.11. The predicted octanol–water partition coefficient (Wildman–Crippen LogP) is 1.42. The monoisotopic (exact) mass is 315 g/mol. The Morgan fingerprint density at radius 1 is 1.35 bits per heavy atom. The van der Waals surface area contributed by atoms with Gasteiger partial charge >= 0.3 is 11.9 Å². The number of methoxy groups -OCH3 is 2. The fourth-order valence-electron chi connectivity index (χ4n) is 2.21. The number of esters is 1. The molecule has 0 radical (unpaired) electrons. The van der Waals surface area contributed by atoms with Crippen LogP contribution in [0.5, 0.6) is 5.75 Å². The van der Waals surface area contributed by atoms with E-state index in [0.29, 0.717) is 0 Å². The number of anilines is 1. The highest BCUT2D eigenvalue weighted by molar-refractivity contribution is 5.99. The van der Waals surface area contributed by atoms with E-state index in [1.54, 1.807) is 6.07 Å². The number of carbonyl (C=O) groups is 2. The molecular weight excluding hydrogens is 302 g/mol. The molecule has 0 saturated heterocycles. The van der Waals surface area contributed by atoms with E-state index in [0.717, 1.165) is 7.11 Å². The number of carbonyl (C=O) groups excluding carboxylic acids is 1. The zero-order valence-corrected chi connectivity index (χ0v) is 12.4. The maximum absolute atomic E-state index is 12.0. The van der Waals surface area contributed by atoms with Crippen LogP contribution in [0.3, 0.4) is 0 Å². The van der Waals surface area contributed by atoms with E-state index in [4.69, 9.17) is 15.7 Å². The molecule has 23 heavy (non-hydrogen) atoms. The van der Waals surface area contributed by atoms with Gasteiger partial charge in [-0.3, -0.25) is 0 Å². The second-order valence-corrected chi connectivity index (χ2v) is 4.44. The Labute approximate surface area is 131 Å². The van der Waals surface area contributed by atoms with Gasteiger partial charge in [0.15, 0.2) is 5.69 Å². The summed E-state index contributed by atoms with van der Waals surface area (Å²) in [5.41, 5.74) is 5.59. The summed E-state index contributed by atoms with van der Waals surface area (Å²) in [5, 5.41) is 18.6. The molecular formula is C15H13N3O5. The van der Waals surface area contributed by atoms with E-state index in [9.17, 15) is 14.7 Å². The van der Waals surface area contributed by atoms with E-state index < -0.39 is 11.9 Å². The van der Waals surface area contributed by atoms with Crippen LogP contribution < -0.4 is 10.5 Å². The van der Waals surface area contributed by atoms with Crippen molar-refractivity contribution in [2.75, 3.05) is 20.0 Å². The number of aromatic nitrogens is 1. The molecule has 0 fully saturated rings. The van der Waals surface area contributed by atoms with Gasteiger partial charge in [-0.25, -0.2) is 9.59 Å². The van der Waals surface area contributed by atoms with Crippen molar-refractivity contribution in [2.45, 2.75) is 0 Å². The fourth-order valence-corrected chi connectivity index (χ4v) is 2.21. The van der Waals surface area contributed by atoms with Crippen LogP contribution >= 0.6 is 0 Å². The Morgan fingerprint density at radius 2 is 2.04 bits per heavy atom. The van der Waals surface area contributed by atoms with Crippen LogP contribution in [0, 0.1) is 11.3 Å². The standard InChI is InChI=1S/C15H13N3O5/c1-22-10-5-3-4-9(11(10)14(19)20)18-7-8(6-16)12(17)13(18)15(21)23-2/h3-5,7H,17H2,1-2H3,(H,19,20). The van der Waals surface area contributed by atoms with E-state index in [2.05, 4.69) is 4.74 Å². The Hall–Kier alpha value is -3.47. The summed E-state index contributed by atoms with van der Waals surface area (Å²) in [6.07, 6.45) is 1.28. The molecule has 1 aromatic heterocycles. The minimum absolute atomic E-state index is 0.0320. The number of nitrogens with zero attached hydrogens (tertiary/aromatic N) is 2. The van der Waals surface area contributed by atoms with Crippen molar-refractivity contribution >= 4 is 17.6 Å². The van der Waals surface area contributed by atoms with Crippen molar-refractivity contribution in [3.63, 3.8) is 0 Å². The molecule has 0 unspecified atom stereocenters. The molecule has 0 aliphatic heterocycles. The van der Waals surface area contributed by atoms with Gasteiger partial charge < -0.3 is 24.9 Å². The summed E-state index contributed by atoms with van der Waals surface area (Å²) in [5.74, 6) is -1.93. The normalized spacial score (nSPS) is 9.96. The van der Waals surface area contributed by atoms with Crippen LogP contribution in [0.25, 0.3) is 5.69 Å². The summed E-state index contributed by atoms with van der Waals surface area (Å²) < 4.78 is 10.9.